The minimum atomic E-state index is -1.35. The zero-order valence-corrected chi connectivity index (χ0v) is 32.7. The van der Waals surface area contributed by atoms with Gasteiger partial charge in [0.2, 0.25) is 11.5 Å². The minimum absolute atomic E-state index is 0.00878. The van der Waals surface area contributed by atoms with Crippen molar-refractivity contribution in [3.05, 3.63) is 106 Å². The summed E-state index contributed by atoms with van der Waals surface area (Å²) in [5.74, 6) is -6.81. The fourth-order valence-corrected chi connectivity index (χ4v) is 5.80. The smallest absolute Gasteiger partial charge is 0.379 e. The molecule has 18 heteroatoms. The molecule has 60 heavy (non-hydrogen) atoms. The molecule has 2 aromatic carbocycles. The Labute approximate surface area is 341 Å². The maximum Gasteiger partial charge on any atom is 0.379 e. The summed E-state index contributed by atoms with van der Waals surface area (Å²) >= 11 is 0. The number of hydrogen-bond acceptors (Lipinski definition) is 18. The van der Waals surface area contributed by atoms with E-state index in [1.165, 1.54) is 49.4 Å². The molecule has 1 aromatic heterocycles. The maximum atomic E-state index is 13.0. The fourth-order valence-electron chi connectivity index (χ4n) is 5.80. The van der Waals surface area contributed by atoms with Crippen molar-refractivity contribution >= 4 is 46.2 Å². The Morgan fingerprint density at radius 2 is 1.37 bits per heavy atom. The largest absolute Gasteiger partial charge is 0.507 e. The molecule has 2 aliphatic rings. The number of rotatable bonds is 20. The molecular formula is C42H42O18. The zero-order valence-electron chi connectivity index (χ0n) is 32.7. The lowest BCUT2D eigenvalue weighted by molar-refractivity contribution is -0.151. The van der Waals surface area contributed by atoms with Crippen molar-refractivity contribution in [3.63, 3.8) is 0 Å². The first-order valence-corrected chi connectivity index (χ1v) is 18.7. The van der Waals surface area contributed by atoms with Crippen LogP contribution in [0.3, 0.4) is 0 Å². The third-order valence-electron chi connectivity index (χ3n) is 8.43. The summed E-state index contributed by atoms with van der Waals surface area (Å²) in [7, 11) is 0. The topological polar surface area (TPSA) is 250 Å². The number of hydrogen-bond donors (Lipinski definition) is 3. The van der Waals surface area contributed by atoms with Crippen molar-refractivity contribution < 1.29 is 81.6 Å². The van der Waals surface area contributed by atoms with Gasteiger partial charge in [-0.25, -0.2) is 14.4 Å². The standard InChI is InChI=1S/C42H42O18/c1-4-52-40(49)28(48)16-25(45)37-29(55-19-23(43)21-57-31-12-8-14-33-38(31)26(46)17-35(59-33)41(50)53-5-2)10-7-11-30(37)56-20-24(44)22-58-32-13-9-15-34-39(32)27(47)18-36(60-34)42(51)54-6-3/h7-18,23-24,33,38,43-45H,4-6,19-22H2,1-3H3. The van der Waals surface area contributed by atoms with Crippen LogP contribution in [0.25, 0.3) is 16.7 Å². The van der Waals surface area contributed by atoms with E-state index in [4.69, 9.17) is 42.3 Å². The lowest BCUT2D eigenvalue weighted by atomic mass is 9.89. The van der Waals surface area contributed by atoms with E-state index in [1.807, 2.05) is 0 Å². The van der Waals surface area contributed by atoms with E-state index < -0.39 is 84.7 Å². The van der Waals surface area contributed by atoms with E-state index in [0.29, 0.717) is 6.08 Å². The van der Waals surface area contributed by atoms with Gasteiger partial charge in [-0.1, -0.05) is 18.2 Å². The van der Waals surface area contributed by atoms with E-state index in [2.05, 4.69) is 0 Å². The predicted molar refractivity (Wildman–Crippen MR) is 207 cm³/mol. The van der Waals surface area contributed by atoms with Crippen LogP contribution in [0.2, 0.25) is 0 Å². The molecule has 0 bridgehead atoms. The number of aliphatic hydroxyl groups excluding tert-OH is 3. The van der Waals surface area contributed by atoms with Crippen molar-refractivity contribution in [3.8, 4) is 17.2 Å². The van der Waals surface area contributed by atoms with Gasteiger partial charge < -0.3 is 57.6 Å². The van der Waals surface area contributed by atoms with Gasteiger partial charge in [-0.2, -0.15) is 0 Å². The molecule has 0 radical (unpaired) electrons. The molecule has 2 heterocycles. The summed E-state index contributed by atoms with van der Waals surface area (Å²) in [6, 6.07) is 9.60. The van der Waals surface area contributed by atoms with Crippen LogP contribution in [0.1, 0.15) is 36.9 Å². The molecule has 5 rings (SSSR count). The molecule has 0 fully saturated rings. The summed E-state index contributed by atoms with van der Waals surface area (Å²) in [5.41, 5.74) is -0.786. The van der Waals surface area contributed by atoms with Gasteiger partial charge in [-0.05, 0) is 57.2 Å². The summed E-state index contributed by atoms with van der Waals surface area (Å²) in [5, 5.41) is 32.7. The molecule has 1 aliphatic carbocycles. The van der Waals surface area contributed by atoms with Crippen LogP contribution < -0.4 is 19.6 Å². The quantitative estimate of drug-likeness (QED) is 0.0486. The molecule has 18 nitrogen and oxygen atoms in total. The van der Waals surface area contributed by atoms with Gasteiger partial charge in [0.1, 0.15) is 96.0 Å². The van der Waals surface area contributed by atoms with Crippen molar-refractivity contribution in [2.45, 2.75) is 39.1 Å². The van der Waals surface area contributed by atoms with Crippen molar-refractivity contribution in [1.29, 1.82) is 0 Å². The number of benzene rings is 2. The number of ketones is 2. The zero-order chi connectivity index (χ0) is 43.3. The number of carbonyl (C=O) groups is 5. The van der Waals surface area contributed by atoms with Crippen LogP contribution >= 0.6 is 0 Å². The van der Waals surface area contributed by atoms with E-state index in [1.54, 1.807) is 26.0 Å². The van der Waals surface area contributed by atoms with E-state index >= 15 is 0 Å². The van der Waals surface area contributed by atoms with Crippen LogP contribution in [-0.4, -0.2) is 109 Å². The Balaban J connectivity index is 1.27. The molecule has 0 amide bonds. The van der Waals surface area contributed by atoms with Crippen molar-refractivity contribution in [2.75, 3.05) is 46.2 Å². The highest BCUT2D eigenvalue weighted by Gasteiger charge is 2.40. The molecule has 4 unspecified atom stereocenters. The normalized spacial score (nSPS) is 16.9. The second-order valence-electron chi connectivity index (χ2n) is 12.8. The Morgan fingerprint density at radius 3 is 2.02 bits per heavy atom. The van der Waals surface area contributed by atoms with Gasteiger partial charge in [0, 0.05) is 18.2 Å². The molecule has 0 saturated carbocycles. The number of carbonyl (C=O) groups excluding carboxylic acids is 5. The number of esters is 3. The van der Waals surface area contributed by atoms with Gasteiger partial charge in [0.05, 0.1) is 19.8 Å². The highest BCUT2D eigenvalue weighted by molar-refractivity contribution is 6.39. The first-order chi connectivity index (χ1) is 28.8. The summed E-state index contributed by atoms with van der Waals surface area (Å²) in [4.78, 5) is 74.7. The third kappa shape index (κ3) is 11.0. The second kappa shape index (κ2) is 20.7. The number of aliphatic hydroxyl groups is 3. The van der Waals surface area contributed by atoms with E-state index in [0.717, 1.165) is 12.1 Å². The highest BCUT2D eigenvalue weighted by Crippen LogP contribution is 2.35. The molecular weight excluding hydrogens is 792 g/mol. The van der Waals surface area contributed by atoms with Gasteiger partial charge in [0.15, 0.2) is 11.2 Å². The minimum Gasteiger partial charge on any atom is -0.507 e. The molecule has 0 saturated heterocycles. The van der Waals surface area contributed by atoms with Gasteiger partial charge in [-0.15, -0.1) is 0 Å². The molecule has 1 aliphatic heterocycles. The summed E-state index contributed by atoms with van der Waals surface area (Å²) in [6.07, 6.45) is 2.74. The molecule has 4 atom stereocenters. The SMILES string of the molecule is CCOC(=O)C(=O)C=C(O)c1c(OCC(O)COC2=CC=CC3OC(C(=O)OCC)=CC(=O)C23)cccc1OCC(O)COc1cccc2oc(C(=O)OCC)cc(=O)c12. The Bertz CT molecular complexity index is 2280. The van der Waals surface area contributed by atoms with Crippen LogP contribution in [0.15, 0.2) is 93.6 Å². The Kier molecular flexibility index (Phi) is 15.2. The van der Waals surface area contributed by atoms with Gasteiger partial charge in [0.25, 0.3) is 5.78 Å². The van der Waals surface area contributed by atoms with Gasteiger partial charge in [-0.3, -0.25) is 14.4 Å². The Morgan fingerprint density at radius 1 is 0.783 bits per heavy atom. The Hall–Kier alpha value is -6.92. The third-order valence-corrected chi connectivity index (χ3v) is 8.43. The molecule has 3 aromatic rings. The monoisotopic (exact) mass is 834 g/mol. The lowest BCUT2D eigenvalue weighted by Gasteiger charge is -2.31. The molecule has 3 N–H and O–H groups in total. The highest BCUT2D eigenvalue weighted by atomic mass is 16.6. The van der Waals surface area contributed by atoms with Crippen molar-refractivity contribution in [1.82, 2.24) is 0 Å². The van der Waals surface area contributed by atoms with Gasteiger partial charge >= 0.3 is 17.9 Å². The summed E-state index contributed by atoms with van der Waals surface area (Å²) < 4.78 is 48.8. The van der Waals surface area contributed by atoms with Crippen LogP contribution in [0.4, 0.5) is 0 Å². The first kappa shape index (κ1) is 44.2. The molecule has 318 valence electrons. The first-order valence-electron chi connectivity index (χ1n) is 18.7. The average Bonchev–Trinajstić information content (AvgIpc) is 3.23. The molecule has 0 spiro atoms. The van der Waals surface area contributed by atoms with Crippen LogP contribution in [0.5, 0.6) is 17.2 Å². The predicted octanol–water partition coefficient (Wildman–Crippen LogP) is 3.06. The second-order valence-corrected chi connectivity index (χ2v) is 12.8. The fraction of sp³-hybridized carbons (Fsp3) is 0.333. The van der Waals surface area contributed by atoms with Crippen molar-refractivity contribution in [2.24, 2.45) is 5.92 Å². The number of ether oxygens (including phenoxy) is 8. The van der Waals surface area contributed by atoms with Crippen LogP contribution in [0, 0.1) is 5.92 Å². The number of fused-ring (bicyclic) bond motifs is 2. The average molecular weight is 835 g/mol. The van der Waals surface area contributed by atoms with E-state index in [-0.39, 0.29) is 77.5 Å². The number of allylic oxidation sites excluding steroid dienone is 3. The van der Waals surface area contributed by atoms with E-state index in [9.17, 15) is 44.1 Å². The van der Waals surface area contributed by atoms with Crippen LogP contribution in [-0.2, 0) is 42.9 Å². The summed E-state index contributed by atoms with van der Waals surface area (Å²) in [6.45, 7) is 3.05. The lowest BCUT2D eigenvalue weighted by Crippen LogP contribution is -2.38. The maximum absolute atomic E-state index is 13.0.